The van der Waals surface area contributed by atoms with Gasteiger partial charge in [-0.1, -0.05) is 75.7 Å². The molecule has 8 aliphatic carbocycles. The first kappa shape index (κ1) is 50.8. The number of methoxy groups -OCH3 is 2. The van der Waals surface area contributed by atoms with Crippen molar-refractivity contribution in [1.29, 1.82) is 0 Å². The zero-order valence-electron chi connectivity index (χ0n) is 42.0. The maximum atomic E-state index is 13.5. The standard InChI is InChI=1S/C29H50O3Si.C26H42O3.CH4/c1-19-13-15-28(3)21(17-19)18-25(32-33(6,7)8)27-23-11-10-22(20(2)9-12-26(30)31-5)29(23,4)16-14-24(27)28;1-16-10-12-25(3)18(14-16)15-22(27)24-20-8-7-19(17(2)6-9-23(28)29-5)26(20,4)13-11-21(24)25;/h18-24,27H,9-17H2,1-8H3;16-21,24H,6-15H2,1-5H3;1H4/t19-,20-,21?,22?,23?,24?,27?,28+,29-;16-,17-,18?,19?,20?,21?,24?,25+,26-;/m11./s1. The monoisotopic (exact) mass is 893 g/mol. The Labute approximate surface area is 387 Å². The van der Waals surface area contributed by atoms with E-state index in [1.807, 2.05) is 0 Å². The number of hydrogen-bond donors (Lipinski definition) is 0. The van der Waals surface area contributed by atoms with Crippen molar-refractivity contribution in [3.05, 3.63) is 11.8 Å². The third-order valence-electron chi connectivity index (χ3n) is 21.2. The van der Waals surface area contributed by atoms with Gasteiger partial charge in [-0.25, -0.2) is 0 Å². The summed E-state index contributed by atoms with van der Waals surface area (Å²) in [5, 5.41) is 0. The van der Waals surface area contributed by atoms with Gasteiger partial charge in [0.05, 0.1) is 20.0 Å². The summed E-state index contributed by atoms with van der Waals surface area (Å²) in [6.45, 7) is 26.9. The van der Waals surface area contributed by atoms with Crippen LogP contribution in [0, 0.1) is 105 Å². The molecule has 18 atom stereocenters. The van der Waals surface area contributed by atoms with Crippen molar-refractivity contribution in [2.45, 2.75) is 204 Å². The molecule has 0 amide bonds. The molecule has 7 saturated carbocycles. The molecule has 0 aromatic rings. The minimum atomic E-state index is -1.68. The van der Waals surface area contributed by atoms with Crippen LogP contribution >= 0.6 is 0 Å². The SMILES string of the molecule is C.COC(=O)CC[C@@H](C)C1CCC2C3C(=O)CC4C[C@H](C)CC[C@]4(C)C3CC[C@@]21C.COC(=O)CC[C@@H](C)C1CCC2C3C(O[Si](C)(C)C)=CC4C[C@H](C)CC[C@]4(C)C3CC[C@@]21C. The van der Waals surface area contributed by atoms with Crippen LogP contribution in [0.2, 0.25) is 19.6 Å². The molecule has 7 fully saturated rings. The van der Waals surface area contributed by atoms with Gasteiger partial charge in [-0.3, -0.25) is 14.4 Å². The summed E-state index contributed by atoms with van der Waals surface area (Å²) in [5.74, 6) is 10.8. The highest BCUT2D eigenvalue weighted by Crippen LogP contribution is 2.70. The predicted molar refractivity (Wildman–Crippen MR) is 260 cm³/mol. The van der Waals surface area contributed by atoms with E-state index in [0.717, 1.165) is 42.9 Å². The highest BCUT2D eigenvalue weighted by atomic mass is 28.4. The van der Waals surface area contributed by atoms with Gasteiger partial charge in [0.1, 0.15) is 5.78 Å². The first-order valence-corrected chi connectivity index (χ1v) is 29.6. The van der Waals surface area contributed by atoms with Crippen LogP contribution in [0.3, 0.4) is 0 Å². The number of carbonyl (C=O) groups is 3. The van der Waals surface area contributed by atoms with E-state index in [1.54, 1.807) is 0 Å². The Hall–Kier alpha value is -1.63. The van der Waals surface area contributed by atoms with Gasteiger partial charge in [-0.2, -0.15) is 0 Å². The van der Waals surface area contributed by atoms with E-state index in [0.29, 0.717) is 94.0 Å². The number of rotatable bonds is 10. The molecule has 10 unspecified atom stereocenters. The van der Waals surface area contributed by atoms with Crippen molar-refractivity contribution in [1.82, 2.24) is 0 Å². The van der Waals surface area contributed by atoms with E-state index in [4.69, 9.17) is 13.9 Å². The van der Waals surface area contributed by atoms with E-state index in [-0.39, 0.29) is 24.8 Å². The molecule has 360 valence electrons. The van der Waals surface area contributed by atoms with E-state index in [1.165, 1.54) is 110 Å². The first-order valence-electron chi connectivity index (χ1n) is 26.2. The molecule has 0 radical (unpaired) electrons. The largest absolute Gasteiger partial charge is 0.547 e. The highest BCUT2D eigenvalue weighted by Gasteiger charge is 2.64. The van der Waals surface area contributed by atoms with Gasteiger partial charge in [0.2, 0.25) is 8.32 Å². The van der Waals surface area contributed by atoms with Crippen LogP contribution in [0.15, 0.2) is 11.8 Å². The summed E-state index contributed by atoms with van der Waals surface area (Å²) < 4.78 is 16.8. The number of allylic oxidation sites excluding steroid dienone is 2. The molecule has 0 heterocycles. The molecule has 0 saturated heterocycles. The van der Waals surface area contributed by atoms with E-state index in [9.17, 15) is 14.4 Å². The lowest BCUT2D eigenvalue weighted by Crippen LogP contribution is -2.57. The van der Waals surface area contributed by atoms with Crippen LogP contribution in [0.1, 0.15) is 185 Å². The van der Waals surface area contributed by atoms with Gasteiger partial charge in [-0.05, 0) is 208 Å². The van der Waals surface area contributed by atoms with Crippen LogP contribution in [-0.4, -0.2) is 40.3 Å². The molecule has 63 heavy (non-hydrogen) atoms. The van der Waals surface area contributed by atoms with Gasteiger partial charge in [0.15, 0.2) is 0 Å². The van der Waals surface area contributed by atoms with Gasteiger partial charge in [-0.15, -0.1) is 0 Å². The topological polar surface area (TPSA) is 78.9 Å². The molecule has 8 rings (SSSR count). The van der Waals surface area contributed by atoms with Crippen molar-refractivity contribution in [3.63, 3.8) is 0 Å². The van der Waals surface area contributed by atoms with Crippen LogP contribution in [0.4, 0.5) is 0 Å². The average Bonchev–Trinajstić information content (AvgIpc) is 3.76. The second-order valence-corrected chi connectivity index (χ2v) is 30.1. The molecule has 7 heteroatoms. The Morgan fingerprint density at radius 1 is 0.651 bits per heavy atom. The predicted octanol–water partition coefficient (Wildman–Crippen LogP) is 14.5. The normalized spacial score (nSPS) is 44.8. The highest BCUT2D eigenvalue weighted by molar-refractivity contribution is 6.70. The third kappa shape index (κ3) is 9.47. The number of ether oxygens (including phenoxy) is 2. The Kier molecular flexibility index (Phi) is 15.4. The molecule has 8 aliphatic rings. The summed E-state index contributed by atoms with van der Waals surface area (Å²) >= 11 is 0. The van der Waals surface area contributed by atoms with Crippen LogP contribution in [0.5, 0.6) is 0 Å². The summed E-state index contributed by atoms with van der Waals surface area (Å²) in [6.07, 6.45) is 24.8. The van der Waals surface area contributed by atoms with Gasteiger partial charge >= 0.3 is 11.9 Å². The molecular weight excluding hydrogens is 797 g/mol. The lowest BCUT2D eigenvalue weighted by Gasteiger charge is -2.60. The van der Waals surface area contributed by atoms with Crippen molar-refractivity contribution in [2.24, 2.45) is 105 Å². The minimum Gasteiger partial charge on any atom is -0.547 e. The zero-order chi connectivity index (χ0) is 45.2. The number of fused-ring (bicyclic) bond motifs is 10. The number of esters is 2. The third-order valence-corrected chi connectivity index (χ3v) is 22.1. The zero-order valence-corrected chi connectivity index (χ0v) is 43.0. The maximum absolute atomic E-state index is 13.5. The van der Waals surface area contributed by atoms with E-state index < -0.39 is 8.32 Å². The number of Topliss-reactive ketones (excluding diaryl/α,β-unsaturated/α-hetero) is 1. The Morgan fingerprint density at radius 2 is 1.10 bits per heavy atom. The van der Waals surface area contributed by atoms with Crippen molar-refractivity contribution >= 4 is 26.0 Å². The van der Waals surface area contributed by atoms with Crippen molar-refractivity contribution in [3.8, 4) is 0 Å². The molecular formula is C56H96O6Si. The summed E-state index contributed by atoms with van der Waals surface area (Å²) in [4.78, 5) is 36.9. The molecule has 0 spiro atoms. The number of carbonyl (C=O) groups excluding carboxylic acids is 3. The minimum absolute atomic E-state index is 0. The van der Waals surface area contributed by atoms with Gasteiger partial charge < -0.3 is 13.9 Å². The van der Waals surface area contributed by atoms with Gasteiger partial charge in [0, 0.05) is 31.1 Å². The summed E-state index contributed by atoms with van der Waals surface area (Å²) in [5.41, 5.74) is 1.47. The molecule has 0 aromatic heterocycles. The summed E-state index contributed by atoms with van der Waals surface area (Å²) in [6, 6.07) is 0. The lowest BCUT2D eigenvalue weighted by molar-refractivity contribution is -0.158. The fraction of sp³-hybridized carbons (Fsp3) is 0.911. The van der Waals surface area contributed by atoms with Crippen LogP contribution in [0.25, 0.3) is 0 Å². The summed E-state index contributed by atoms with van der Waals surface area (Å²) in [7, 11) is 1.32. The molecule has 0 aromatic carbocycles. The number of ketones is 1. The maximum Gasteiger partial charge on any atom is 0.305 e. The Bertz CT molecular complexity index is 1670. The lowest BCUT2D eigenvalue weighted by atomic mass is 9.43. The van der Waals surface area contributed by atoms with Gasteiger partial charge in [0.25, 0.3) is 0 Å². The van der Waals surface area contributed by atoms with Crippen molar-refractivity contribution < 1.29 is 28.3 Å². The molecule has 0 aliphatic heterocycles. The Balaban J connectivity index is 0.000000208. The fourth-order valence-electron chi connectivity index (χ4n) is 17.7. The van der Waals surface area contributed by atoms with Crippen LogP contribution in [-0.2, 0) is 28.3 Å². The van der Waals surface area contributed by atoms with Crippen LogP contribution < -0.4 is 0 Å². The molecule has 0 N–H and O–H groups in total. The first-order chi connectivity index (χ1) is 29.1. The van der Waals surface area contributed by atoms with Crippen molar-refractivity contribution in [2.75, 3.05) is 14.2 Å². The van der Waals surface area contributed by atoms with E-state index >= 15 is 0 Å². The molecule has 0 bridgehead atoms. The molecule has 6 nitrogen and oxygen atoms in total. The second-order valence-electron chi connectivity index (χ2n) is 25.6. The average molecular weight is 893 g/mol. The fourth-order valence-corrected chi connectivity index (χ4v) is 18.6. The quantitative estimate of drug-likeness (QED) is 0.161. The smallest absolute Gasteiger partial charge is 0.305 e. The number of hydrogen-bond acceptors (Lipinski definition) is 6. The van der Waals surface area contributed by atoms with E-state index in [2.05, 4.69) is 81.1 Å². The second kappa shape index (κ2) is 19.2. The Morgan fingerprint density at radius 3 is 1.60 bits per heavy atom.